The number of rotatable bonds is 3. The van der Waals surface area contributed by atoms with Crippen LogP contribution in [0.1, 0.15) is 17.5 Å². The fraction of sp³-hybridized carbons (Fsp3) is 0.273. The van der Waals surface area contributed by atoms with E-state index in [1.807, 2.05) is 13.0 Å². The van der Waals surface area contributed by atoms with Gasteiger partial charge in [0.05, 0.1) is 0 Å². The van der Waals surface area contributed by atoms with Gasteiger partial charge in [0.2, 0.25) is 0 Å². The lowest BCUT2D eigenvalue weighted by molar-refractivity contribution is 0.624. The first kappa shape index (κ1) is 11.2. The Morgan fingerprint density at radius 2 is 2.21 bits per heavy atom. The van der Waals surface area contributed by atoms with E-state index < -0.39 is 0 Å². The van der Waals surface area contributed by atoms with Crippen LogP contribution in [0.2, 0.25) is 5.02 Å². The molecule has 0 amide bonds. The van der Waals surface area contributed by atoms with E-state index in [0.717, 1.165) is 12.0 Å². The summed E-state index contributed by atoms with van der Waals surface area (Å²) in [5, 5.41) is 0.457. The lowest BCUT2D eigenvalue weighted by Gasteiger charge is -2.01. The van der Waals surface area contributed by atoms with E-state index in [-0.39, 0.29) is 5.82 Å². The van der Waals surface area contributed by atoms with Gasteiger partial charge in [-0.25, -0.2) is 4.39 Å². The summed E-state index contributed by atoms with van der Waals surface area (Å²) in [5.74, 6) is -0.297. The predicted octanol–water partition coefficient (Wildman–Crippen LogP) is 3.15. The van der Waals surface area contributed by atoms with Crippen LogP contribution in [0.4, 0.5) is 4.39 Å². The van der Waals surface area contributed by atoms with Crippen LogP contribution in [0.25, 0.3) is 6.08 Å². The molecular weight excluding hydrogens is 201 g/mol. The average molecular weight is 214 g/mol. The first-order chi connectivity index (χ1) is 6.65. The normalized spacial score (nSPS) is 11.1. The molecule has 1 nitrogen and oxygen atoms in total. The second-order valence-corrected chi connectivity index (χ2v) is 3.51. The Bertz CT molecular complexity index is 347. The molecule has 2 N–H and O–H groups in total. The summed E-state index contributed by atoms with van der Waals surface area (Å²) < 4.78 is 13.3. The molecule has 0 aliphatic carbocycles. The summed E-state index contributed by atoms with van der Waals surface area (Å²) in [6.45, 7) is 2.42. The summed E-state index contributed by atoms with van der Waals surface area (Å²) in [7, 11) is 0. The highest BCUT2D eigenvalue weighted by atomic mass is 35.5. The molecule has 0 aliphatic rings. The topological polar surface area (TPSA) is 26.0 Å². The van der Waals surface area contributed by atoms with Crippen LogP contribution >= 0.6 is 11.6 Å². The van der Waals surface area contributed by atoms with Gasteiger partial charge in [0.1, 0.15) is 5.82 Å². The van der Waals surface area contributed by atoms with Gasteiger partial charge in [0, 0.05) is 10.6 Å². The summed E-state index contributed by atoms with van der Waals surface area (Å²) in [4.78, 5) is 0. The molecule has 0 saturated carbocycles. The summed E-state index contributed by atoms with van der Waals surface area (Å²) in [6.07, 6.45) is 4.33. The van der Waals surface area contributed by atoms with Crippen molar-refractivity contribution in [3.63, 3.8) is 0 Å². The fourth-order valence-electron chi connectivity index (χ4n) is 1.11. The van der Waals surface area contributed by atoms with Crippen molar-refractivity contribution in [1.82, 2.24) is 0 Å². The van der Waals surface area contributed by atoms with Crippen molar-refractivity contribution in [2.24, 2.45) is 5.73 Å². The molecule has 1 aromatic rings. The second kappa shape index (κ2) is 5.13. The maximum atomic E-state index is 13.3. The molecule has 0 bridgehead atoms. The SMILES string of the molecule is Cc1cc(C=CCCN)c(F)cc1Cl. The highest BCUT2D eigenvalue weighted by molar-refractivity contribution is 6.31. The van der Waals surface area contributed by atoms with E-state index in [1.54, 1.807) is 12.1 Å². The van der Waals surface area contributed by atoms with Crippen molar-refractivity contribution in [3.05, 3.63) is 40.2 Å². The zero-order valence-corrected chi connectivity index (χ0v) is 8.81. The minimum atomic E-state index is -0.297. The molecule has 0 spiro atoms. The molecule has 0 saturated heterocycles. The van der Waals surface area contributed by atoms with Crippen molar-refractivity contribution in [2.75, 3.05) is 6.54 Å². The van der Waals surface area contributed by atoms with Gasteiger partial charge in [-0.2, -0.15) is 0 Å². The van der Waals surface area contributed by atoms with Crippen LogP contribution in [0, 0.1) is 12.7 Å². The smallest absolute Gasteiger partial charge is 0.131 e. The molecule has 0 aromatic heterocycles. The Kier molecular flexibility index (Phi) is 4.11. The molecular formula is C11H13ClFN. The Balaban J connectivity index is 2.92. The Morgan fingerprint density at radius 3 is 2.86 bits per heavy atom. The number of hydrogen-bond donors (Lipinski definition) is 1. The van der Waals surface area contributed by atoms with Crippen molar-refractivity contribution in [2.45, 2.75) is 13.3 Å². The highest BCUT2D eigenvalue weighted by Crippen LogP contribution is 2.20. The molecule has 0 fully saturated rings. The molecule has 1 rings (SSSR count). The van der Waals surface area contributed by atoms with E-state index in [0.29, 0.717) is 17.1 Å². The Hall–Kier alpha value is -0.860. The second-order valence-electron chi connectivity index (χ2n) is 3.10. The maximum Gasteiger partial charge on any atom is 0.131 e. The van der Waals surface area contributed by atoms with Crippen molar-refractivity contribution < 1.29 is 4.39 Å². The van der Waals surface area contributed by atoms with E-state index in [2.05, 4.69) is 0 Å². The van der Waals surface area contributed by atoms with Gasteiger partial charge in [-0.1, -0.05) is 23.8 Å². The fourth-order valence-corrected chi connectivity index (χ4v) is 1.26. The van der Waals surface area contributed by atoms with Crippen LogP contribution in [-0.4, -0.2) is 6.54 Å². The van der Waals surface area contributed by atoms with Crippen LogP contribution in [-0.2, 0) is 0 Å². The number of nitrogens with two attached hydrogens (primary N) is 1. The third-order valence-corrected chi connectivity index (χ3v) is 2.32. The van der Waals surface area contributed by atoms with Gasteiger partial charge >= 0.3 is 0 Å². The van der Waals surface area contributed by atoms with Gasteiger partial charge in [-0.05, 0) is 37.6 Å². The maximum absolute atomic E-state index is 13.3. The quantitative estimate of drug-likeness (QED) is 0.820. The van der Waals surface area contributed by atoms with E-state index >= 15 is 0 Å². The Labute approximate surface area is 88.4 Å². The monoisotopic (exact) mass is 213 g/mol. The predicted molar refractivity (Wildman–Crippen MR) is 58.9 cm³/mol. The molecule has 0 radical (unpaired) electrons. The van der Waals surface area contributed by atoms with Gasteiger partial charge < -0.3 is 5.73 Å². The first-order valence-corrected chi connectivity index (χ1v) is 4.85. The van der Waals surface area contributed by atoms with Gasteiger partial charge in [-0.3, -0.25) is 0 Å². The largest absolute Gasteiger partial charge is 0.330 e. The van der Waals surface area contributed by atoms with Crippen LogP contribution in [0.5, 0.6) is 0 Å². The number of aryl methyl sites for hydroxylation is 1. The summed E-state index contributed by atoms with van der Waals surface area (Å²) >= 11 is 5.76. The van der Waals surface area contributed by atoms with Gasteiger partial charge in [0.15, 0.2) is 0 Å². The van der Waals surface area contributed by atoms with Crippen molar-refractivity contribution >= 4 is 17.7 Å². The molecule has 76 valence electrons. The number of hydrogen-bond acceptors (Lipinski definition) is 1. The van der Waals surface area contributed by atoms with E-state index in [9.17, 15) is 4.39 Å². The van der Waals surface area contributed by atoms with Crippen molar-refractivity contribution in [1.29, 1.82) is 0 Å². The third kappa shape index (κ3) is 2.82. The molecule has 0 unspecified atom stereocenters. The van der Waals surface area contributed by atoms with Crippen LogP contribution in [0.15, 0.2) is 18.2 Å². The standard InChI is InChI=1S/C11H13ClFN/c1-8-6-9(4-2-3-5-14)11(13)7-10(8)12/h2,4,6-7H,3,5,14H2,1H3. The van der Waals surface area contributed by atoms with E-state index in [1.165, 1.54) is 6.07 Å². The molecule has 0 aliphatic heterocycles. The average Bonchev–Trinajstić information content (AvgIpc) is 2.14. The number of halogens is 2. The van der Waals surface area contributed by atoms with Crippen LogP contribution in [0.3, 0.4) is 0 Å². The lowest BCUT2D eigenvalue weighted by atomic mass is 10.1. The highest BCUT2D eigenvalue weighted by Gasteiger charge is 2.02. The Morgan fingerprint density at radius 1 is 1.50 bits per heavy atom. The van der Waals surface area contributed by atoms with Crippen LogP contribution < -0.4 is 5.73 Å². The molecule has 1 aromatic carbocycles. The first-order valence-electron chi connectivity index (χ1n) is 4.47. The molecule has 0 heterocycles. The van der Waals surface area contributed by atoms with Gasteiger partial charge in [-0.15, -0.1) is 0 Å². The zero-order chi connectivity index (χ0) is 10.6. The third-order valence-electron chi connectivity index (χ3n) is 1.91. The number of benzene rings is 1. The van der Waals surface area contributed by atoms with Crippen molar-refractivity contribution in [3.8, 4) is 0 Å². The minimum absolute atomic E-state index is 0.297. The summed E-state index contributed by atoms with van der Waals surface area (Å²) in [5.41, 5.74) is 6.75. The molecule has 14 heavy (non-hydrogen) atoms. The molecule has 0 atom stereocenters. The van der Waals surface area contributed by atoms with Gasteiger partial charge in [0.25, 0.3) is 0 Å². The molecule has 3 heteroatoms. The lowest BCUT2D eigenvalue weighted by Crippen LogP contribution is -1.95. The zero-order valence-electron chi connectivity index (χ0n) is 8.06. The summed E-state index contributed by atoms with van der Waals surface area (Å²) in [6, 6.07) is 3.06. The minimum Gasteiger partial charge on any atom is -0.330 e. The van der Waals surface area contributed by atoms with E-state index in [4.69, 9.17) is 17.3 Å².